The molecule has 2 fully saturated rings. The number of ether oxygens (including phenoxy) is 1. The van der Waals surface area contributed by atoms with E-state index in [0.717, 1.165) is 17.2 Å². The summed E-state index contributed by atoms with van der Waals surface area (Å²) in [5.74, 6) is -2.46. The van der Waals surface area contributed by atoms with Crippen molar-refractivity contribution >= 4 is 40.6 Å². The lowest BCUT2D eigenvalue weighted by molar-refractivity contribution is -0.111. The fraction of sp³-hybridized carbons (Fsp3) is 0.348. The fourth-order valence-corrected chi connectivity index (χ4v) is 4.01. The Labute approximate surface area is 205 Å². The van der Waals surface area contributed by atoms with Gasteiger partial charge >= 0.3 is 6.09 Å². The number of hydrogen-bond donors (Lipinski definition) is 2. The second-order valence-electron chi connectivity index (χ2n) is 8.06. The molecule has 1 atom stereocenters. The van der Waals surface area contributed by atoms with Crippen molar-refractivity contribution in [1.29, 1.82) is 0 Å². The summed E-state index contributed by atoms with van der Waals surface area (Å²) in [4.78, 5) is 33.6. The van der Waals surface area contributed by atoms with Gasteiger partial charge in [0.25, 0.3) is 5.91 Å². The number of nitrogens with one attached hydrogen (secondary N) is 1. The number of phenolic OH excluding ortho intramolecular Hbond substituents is 1. The van der Waals surface area contributed by atoms with Crippen LogP contribution < -0.4 is 15.1 Å². The molecular formula is C23H24F2N4O5S. The molecule has 2 aliphatic heterocycles. The number of para-hydroxylation sites is 1. The Bertz CT molecular complexity index is 1130. The maximum Gasteiger partial charge on any atom is 0.414 e. The van der Waals surface area contributed by atoms with Crippen molar-refractivity contribution in [2.24, 2.45) is 0 Å². The lowest BCUT2D eigenvalue weighted by atomic mass is 10.2. The number of thiocarbonyl (C=S) groups is 1. The van der Waals surface area contributed by atoms with Gasteiger partial charge in [-0.1, -0.05) is 24.4 Å². The molecule has 0 unspecified atom stereocenters. The summed E-state index contributed by atoms with van der Waals surface area (Å²) >= 11 is 4.94. The molecule has 0 saturated carbocycles. The predicted octanol–water partition coefficient (Wildman–Crippen LogP) is 2.83. The molecule has 9 nitrogen and oxygen atoms in total. The number of carbonyl (C=O) groups is 2. The maximum absolute atomic E-state index is 15.1. The summed E-state index contributed by atoms with van der Waals surface area (Å²) in [7, 11) is 0. The van der Waals surface area contributed by atoms with Crippen LogP contribution in [0.25, 0.3) is 0 Å². The highest BCUT2D eigenvalue weighted by Gasteiger charge is 2.34. The molecule has 186 valence electrons. The molecule has 4 rings (SSSR count). The van der Waals surface area contributed by atoms with Crippen molar-refractivity contribution in [3.63, 3.8) is 0 Å². The Kier molecular flexibility index (Phi) is 7.31. The number of aromatic hydroxyl groups is 1. The molecule has 2 aromatic carbocycles. The monoisotopic (exact) mass is 506 g/mol. The minimum atomic E-state index is -0.857. The number of rotatable bonds is 5. The highest BCUT2D eigenvalue weighted by atomic mass is 32.1. The minimum Gasteiger partial charge on any atom is -0.507 e. The first-order valence-corrected chi connectivity index (χ1v) is 11.3. The van der Waals surface area contributed by atoms with Crippen LogP contribution in [0.1, 0.15) is 17.3 Å². The first kappa shape index (κ1) is 24.6. The molecule has 2 N–H and O–H groups in total. The number of amides is 2. The third-order valence-electron chi connectivity index (χ3n) is 5.62. The number of phenols is 1. The van der Waals surface area contributed by atoms with Gasteiger partial charge in [-0.15, -0.1) is 0 Å². The first-order valence-electron chi connectivity index (χ1n) is 10.9. The van der Waals surface area contributed by atoms with Gasteiger partial charge in [-0.25, -0.2) is 18.6 Å². The van der Waals surface area contributed by atoms with E-state index in [1.165, 1.54) is 21.9 Å². The van der Waals surface area contributed by atoms with Crippen LogP contribution in [-0.2, 0) is 9.57 Å². The number of anilines is 2. The maximum atomic E-state index is 15.1. The highest BCUT2D eigenvalue weighted by molar-refractivity contribution is 7.80. The van der Waals surface area contributed by atoms with Gasteiger partial charge in [-0.2, -0.15) is 0 Å². The highest BCUT2D eigenvalue weighted by Crippen LogP contribution is 2.31. The molecule has 0 aromatic heterocycles. The molecule has 0 radical (unpaired) electrons. The molecule has 0 bridgehead atoms. The van der Waals surface area contributed by atoms with Gasteiger partial charge in [0.05, 0.1) is 42.5 Å². The van der Waals surface area contributed by atoms with Crippen molar-refractivity contribution in [3.8, 4) is 5.75 Å². The van der Waals surface area contributed by atoms with Gasteiger partial charge in [-0.3, -0.25) is 14.5 Å². The molecule has 2 aliphatic rings. The SMILES string of the molecule is CC(=S)NC[C@H]1CN(c2cc(F)c(N3CCON(C(=O)c4ccccc4O)CC3)c(F)c2)C(=O)O1. The lowest BCUT2D eigenvalue weighted by Crippen LogP contribution is -2.35. The quantitative estimate of drug-likeness (QED) is 0.598. The number of hydrogen-bond acceptors (Lipinski definition) is 7. The summed E-state index contributed by atoms with van der Waals surface area (Å²) in [6, 6.07) is 8.20. The minimum absolute atomic E-state index is 0.00755. The summed E-state index contributed by atoms with van der Waals surface area (Å²) < 4.78 is 35.4. The van der Waals surface area contributed by atoms with Crippen LogP contribution in [0.5, 0.6) is 5.75 Å². The average Bonchev–Trinajstić information content (AvgIpc) is 3.02. The van der Waals surface area contributed by atoms with E-state index in [1.54, 1.807) is 19.1 Å². The van der Waals surface area contributed by atoms with Crippen molar-refractivity contribution < 1.29 is 33.1 Å². The third kappa shape index (κ3) is 5.43. The Hall–Kier alpha value is -3.51. The van der Waals surface area contributed by atoms with E-state index in [1.807, 2.05) is 0 Å². The van der Waals surface area contributed by atoms with Crippen LogP contribution in [0.3, 0.4) is 0 Å². The molecular weight excluding hydrogens is 482 g/mol. The van der Waals surface area contributed by atoms with Crippen LogP contribution in [-0.4, -0.2) is 72.6 Å². The number of halogens is 2. The Morgan fingerprint density at radius 1 is 1.20 bits per heavy atom. The number of nitrogens with zero attached hydrogens (tertiary/aromatic N) is 3. The molecule has 0 spiro atoms. The number of hydroxylamine groups is 2. The molecule has 12 heteroatoms. The van der Waals surface area contributed by atoms with Gasteiger partial charge in [0.2, 0.25) is 0 Å². The normalized spacial score (nSPS) is 18.3. The second-order valence-corrected chi connectivity index (χ2v) is 8.67. The zero-order valence-corrected chi connectivity index (χ0v) is 19.7. The zero-order chi connectivity index (χ0) is 25.1. The Morgan fingerprint density at radius 2 is 1.91 bits per heavy atom. The number of carbonyl (C=O) groups excluding carboxylic acids is 2. The fourth-order valence-electron chi connectivity index (χ4n) is 3.93. The first-order chi connectivity index (χ1) is 16.7. The number of cyclic esters (lactones) is 1. The van der Waals surface area contributed by atoms with Gasteiger partial charge in [0.1, 0.15) is 17.5 Å². The molecule has 2 amide bonds. The summed E-state index contributed by atoms with van der Waals surface area (Å²) in [5.41, 5.74) is -0.177. The zero-order valence-electron chi connectivity index (χ0n) is 18.9. The van der Waals surface area contributed by atoms with Crippen LogP contribution in [0, 0.1) is 11.6 Å². The van der Waals surface area contributed by atoms with E-state index in [2.05, 4.69) is 5.32 Å². The van der Waals surface area contributed by atoms with Gasteiger partial charge in [0, 0.05) is 25.2 Å². The van der Waals surface area contributed by atoms with Gasteiger partial charge in [0.15, 0.2) is 11.6 Å². The lowest BCUT2D eigenvalue weighted by Gasteiger charge is -2.24. The third-order valence-corrected chi connectivity index (χ3v) is 5.77. The van der Waals surface area contributed by atoms with Crippen molar-refractivity contribution in [2.75, 3.05) is 49.1 Å². The molecule has 2 heterocycles. The van der Waals surface area contributed by atoms with Crippen molar-refractivity contribution in [1.82, 2.24) is 10.4 Å². The van der Waals surface area contributed by atoms with E-state index in [9.17, 15) is 14.7 Å². The van der Waals surface area contributed by atoms with Gasteiger partial charge in [-0.05, 0) is 19.1 Å². The summed E-state index contributed by atoms with van der Waals surface area (Å²) in [5, 5.41) is 13.9. The Morgan fingerprint density at radius 3 is 2.60 bits per heavy atom. The predicted molar refractivity (Wildman–Crippen MR) is 128 cm³/mol. The van der Waals surface area contributed by atoms with Crippen LogP contribution >= 0.6 is 12.2 Å². The molecule has 0 aliphatic carbocycles. The van der Waals surface area contributed by atoms with E-state index in [4.69, 9.17) is 21.8 Å². The molecule has 2 saturated heterocycles. The summed E-state index contributed by atoms with van der Waals surface area (Å²) in [6.07, 6.45) is -1.21. The van der Waals surface area contributed by atoms with Gasteiger partial charge < -0.3 is 20.1 Å². The second kappa shape index (κ2) is 10.4. The molecule has 2 aromatic rings. The van der Waals surface area contributed by atoms with Crippen molar-refractivity contribution in [2.45, 2.75) is 13.0 Å². The standard InChI is InChI=1S/C23H24F2N4O5S/c1-14(35)26-12-16-13-28(23(32)34-16)15-10-18(24)21(19(25)11-15)27-6-7-29(33-9-8-27)22(31)17-4-2-3-5-20(17)30/h2-5,10-11,16,30H,6-9,12-13H2,1H3,(H,26,35)/t16-/m0/s1. The smallest absolute Gasteiger partial charge is 0.414 e. The van der Waals surface area contributed by atoms with Crippen LogP contribution in [0.2, 0.25) is 0 Å². The van der Waals surface area contributed by atoms with E-state index < -0.39 is 29.7 Å². The van der Waals surface area contributed by atoms with Crippen LogP contribution in [0.4, 0.5) is 25.0 Å². The number of benzene rings is 2. The van der Waals surface area contributed by atoms with Crippen LogP contribution in [0.15, 0.2) is 36.4 Å². The molecule has 35 heavy (non-hydrogen) atoms. The van der Waals surface area contributed by atoms with Crippen molar-refractivity contribution in [3.05, 3.63) is 53.6 Å². The summed E-state index contributed by atoms with van der Waals surface area (Å²) in [6.45, 7) is 2.32. The Balaban J connectivity index is 1.46. The topological polar surface area (TPSA) is 94.6 Å². The largest absolute Gasteiger partial charge is 0.507 e. The average molecular weight is 507 g/mol. The van der Waals surface area contributed by atoms with E-state index in [0.29, 0.717) is 11.5 Å². The van der Waals surface area contributed by atoms with E-state index in [-0.39, 0.29) is 55.5 Å². The van der Waals surface area contributed by atoms with E-state index >= 15 is 8.78 Å².